The van der Waals surface area contributed by atoms with Crippen LogP contribution in [0.25, 0.3) is 0 Å². The van der Waals surface area contributed by atoms with Crippen LogP contribution in [0.5, 0.6) is 0 Å². The number of nitrogens with two attached hydrogens (primary N) is 1. The van der Waals surface area contributed by atoms with Gasteiger partial charge in [-0.2, -0.15) is 0 Å². The van der Waals surface area contributed by atoms with E-state index in [4.69, 9.17) is 15.2 Å². The van der Waals surface area contributed by atoms with Crippen LogP contribution in [0.4, 0.5) is 0 Å². The molecule has 0 aromatic carbocycles. The van der Waals surface area contributed by atoms with Gasteiger partial charge in [0, 0.05) is 32.7 Å². The van der Waals surface area contributed by atoms with Crippen molar-refractivity contribution in [2.75, 3.05) is 33.5 Å². The van der Waals surface area contributed by atoms with E-state index in [0.717, 1.165) is 12.8 Å². The maximum Gasteiger partial charge on any atom is 0.220 e. The molecule has 0 aromatic heterocycles. The van der Waals surface area contributed by atoms with Gasteiger partial charge in [0.15, 0.2) is 0 Å². The molecular formula is C11H24N2O3. The van der Waals surface area contributed by atoms with Gasteiger partial charge in [0.1, 0.15) is 0 Å². The smallest absolute Gasteiger partial charge is 0.220 e. The molecule has 0 saturated carbocycles. The summed E-state index contributed by atoms with van der Waals surface area (Å²) in [6.45, 7) is 4.43. The summed E-state index contributed by atoms with van der Waals surface area (Å²) in [5, 5.41) is 2.82. The predicted octanol–water partition coefficient (Wildman–Crippen LogP) is 0.283. The predicted molar refractivity (Wildman–Crippen MR) is 63.2 cm³/mol. The summed E-state index contributed by atoms with van der Waals surface area (Å²) < 4.78 is 10.1. The Bertz CT molecular complexity index is 175. The molecule has 0 fully saturated rings. The first kappa shape index (κ1) is 15.3. The molecule has 0 rings (SSSR count). The molecule has 0 heterocycles. The third kappa shape index (κ3) is 11.4. The van der Waals surface area contributed by atoms with E-state index in [2.05, 4.69) is 5.32 Å². The van der Waals surface area contributed by atoms with E-state index in [1.165, 1.54) is 0 Å². The van der Waals surface area contributed by atoms with Crippen LogP contribution in [-0.4, -0.2) is 45.4 Å². The summed E-state index contributed by atoms with van der Waals surface area (Å²) in [5.41, 5.74) is 5.55. The standard InChI is InChI=1S/C11H24N2O3/c1-10(12)4-5-11(14)13-6-3-7-16-9-8-15-2/h10H,3-9,12H2,1-2H3,(H,13,14). The summed E-state index contributed by atoms with van der Waals surface area (Å²) in [6, 6.07) is 0.0862. The average Bonchev–Trinajstić information content (AvgIpc) is 2.25. The van der Waals surface area contributed by atoms with Crippen molar-refractivity contribution in [2.45, 2.75) is 32.2 Å². The van der Waals surface area contributed by atoms with Crippen LogP contribution in [0.3, 0.4) is 0 Å². The Morgan fingerprint density at radius 2 is 2.12 bits per heavy atom. The lowest BCUT2D eigenvalue weighted by molar-refractivity contribution is -0.121. The van der Waals surface area contributed by atoms with Crippen molar-refractivity contribution in [3.8, 4) is 0 Å². The number of nitrogens with one attached hydrogen (secondary N) is 1. The van der Waals surface area contributed by atoms with Gasteiger partial charge >= 0.3 is 0 Å². The molecule has 0 bridgehead atoms. The van der Waals surface area contributed by atoms with E-state index < -0.39 is 0 Å². The van der Waals surface area contributed by atoms with Crippen molar-refractivity contribution in [2.24, 2.45) is 5.73 Å². The minimum absolute atomic E-state index is 0.0641. The average molecular weight is 232 g/mol. The third-order valence-electron chi connectivity index (χ3n) is 2.05. The SMILES string of the molecule is COCCOCCCNC(=O)CCC(C)N. The molecule has 1 unspecified atom stereocenters. The minimum Gasteiger partial charge on any atom is -0.382 e. The van der Waals surface area contributed by atoms with Gasteiger partial charge in [0.25, 0.3) is 0 Å². The Balaban J connectivity index is 3.15. The van der Waals surface area contributed by atoms with Gasteiger partial charge in [-0.1, -0.05) is 0 Å². The molecule has 96 valence electrons. The first-order valence-electron chi connectivity index (χ1n) is 5.75. The number of hydrogen-bond donors (Lipinski definition) is 2. The monoisotopic (exact) mass is 232 g/mol. The highest BCUT2D eigenvalue weighted by Crippen LogP contribution is 1.92. The summed E-state index contributed by atoms with van der Waals surface area (Å²) >= 11 is 0. The molecule has 16 heavy (non-hydrogen) atoms. The fourth-order valence-electron chi connectivity index (χ4n) is 1.09. The number of hydrogen-bond acceptors (Lipinski definition) is 4. The lowest BCUT2D eigenvalue weighted by Gasteiger charge is -2.07. The maximum absolute atomic E-state index is 11.3. The van der Waals surface area contributed by atoms with Gasteiger partial charge in [-0.05, 0) is 19.8 Å². The second kappa shape index (κ2) is 10.9. The molecule has 3 N–H and O–H groups in total. The molecule has 0 aliphatic rings. The van der Waals surface area contributed by atoms with Crippen molar-refractivity contribution in [3.63, 3.8) is 0 Å². The summed E-state index contributed by atoms with van der Waals surface area (Å²) in [5.74, 6) is 0.0641. The van der Waals surface area contributed by atoms with Crippen molar-refractivity contribution >= 4 is 5.91 Å². The van der Waals surface area contributed by atoms with Crippen LogP contribution >= 0.6 is 0 Å². The van der Waals surface area contributed by atoms with Crippen LogP contribution in [0.15, 0.2) is 0 Å². The zero-order valence-electron chi connectivity index (χ0n) is 10.3. The van der Waals surface area contributed by atoms with E-state index in [0.29, 0.717) is 32.8 Å². The van der Waals surface area contributed by atoms with Gasteiger partial charge in [-0.3, -0.25) is 4.79 Å². The Labute approximate surface area is 97.7 Å². The lowest BCUT2D eigenvalue weighted by Crippen LogP contribution is -2.27. The highest BCUT2D eigenvalue weighted by Gasteiger charge is 2.02. The quantitative estimate of drug-likeness (QED) is 0.531. The second-order valence-corrected chi connectivity index (χ2v) is 3.82. The van der Waals surface area contributed by atoms with Gasteiger partial charge in [-0.25, -0.2) is 0 Å². The second-order valence-electron chi connectivity index (χ2n) is 3.82. The molecule has 0 aliphatic heterocycles. The number of carbonyl (C=O) groups excluding carboxylic acids is 1. The fourth-order valence-corrected chi connectivity index (χ4v) is 1.09. The first-order valence-corrected chi connectivity index (χ1v) is 5.75. The van der Waals surface area contributed by atoms with Crippen LogP contribution < -0.4 is 11.1 Å². The van der Waals surface area contributed by atoms with E-state index in [-0.39, 0.29) is 11.9 Å². The Kier molecular flexibility index (Phi) is 10.4. The van der Waals surface area contributed by atoms with Crippen LogP contribution in [0.2, 0.25) is 0 Å². The molecule has 0 aromatic rings. The summed E-state index contributed by atoms with van der Waals surface area (Å²) in [4.78, 5) is 11.3. The van der Waals surface area contributed by atoms with Crippen LogP contribution in [0, 0.1) is 0 Å². The van der Waals surface area contributed by atoms with E-state index in [1.807, 2.05) is 6.92 Å². The van der Waals surface area contributed by atoms with Gasteiger partial charge in [0.2, 0.25) is 5.91 Å². The zero-order valence-corrected chi connectivity index (χ0v) is 10.3. The van der Waals surface area contributed by atoms with Crippen LogP contribution in [-0.2, 0) is 14.3 Å². The van der Waals surface area contributed by atoms with Crippen molar-refractivity contribution in [1.82, 2.24) is 5.32 Å². The Hall–Kier alpha value is -0.650. The Morgan fingerprint density at radius 1 is 1.38 bits per heavy atom. The normalized spacial score (nSPS) is 12.4. The van der Waals surface area contributed by atoms with Crippen LogP contribution in [0.1, 0.15) is 26.2 Å². The molecule has 1 atom stereocenters. The number of ether oxygens (including phenoxy) is 2. The third-order valence-corrected chi connectivity index (χ3v) is 2.05. The van der Waals surface area contributed by atoms with Gasteiger partial charge in [0.05, 0.1) is 13.2 Å². The largest absolute Gasteiger partial charge is 0.382 e. The summed E-state index contributed by atoms with van der Waals surface area (Å²) in [6.07, 6.45) is 2.06. The highest BCUT2D eigenvalue weighted by atomic mass is 16.5. The molecular weight excluding hydrogens is 208 g/mol. The van der Waals surface area contributed by atoms with Gasteiger partial charge in [-0.15, -0.1) is 0 Å². The zero-order chi connectivity index (χ0) is 12.2. The Morgan fingerprint density at radius 3 is 2.75 bits per heavy atom. The fraction of sp³-hybridized carbons (Fsp3) is 0.909. The molecule has 0 radical (unpaired) electrons. The van der Waals surface area contributed by atoms with Gasteiger partial charge < -0.3 is 20.5 Å². The number of amides is 1. The number of carbonyl (C=O) groups is 1. The highest BCUT2D eigenvalue weighted by molar-refractivity contribution is 5.75. The molecule has 5 heteroatoms. The van der Waals surface area contributed by atoms with E-state index in [9.17, 15) is 4.79 Å². The topological polar surface area (TPSA) is 73.6 Å². The van der Waals surface area contributed by atoms with Crippen molar-refractivity contribution < 1.29 is 14.3 Å². The maximum atomic E-state index is 11.3. The van der Waals surface area contributed by atoms with Crippen molar-refractivity contribution in [1.29, 1.82) is 0 Å². The molecule has 0 aliphatic carbocycles. The minimum atomic E-state index is 0.0641. The number of rotatable bonds is 10. The molecule has 0 spiro atoms. The van der Waals surface area contributed by atoms with E-state index in [1.54, 1.807) is 7.11 Å². The summed E-state index contributed by atoms with van der Waals surface area (Å²) in [7, 11) is 1.64. The van der Waals surface area contributed by atoms with Crippen molar-refractivity contribution in [3.05, 3.63) is 0 Å². The molecule has 5 nitrogen and oxygen atoms in total. The lowest BCUT2D eigenvalue weighted by atomic mass is 10.2. The number of methoxy groups -OCH3 is 1. The first-order chi connectivity index (χ1) is 7.66. The van der Waals surface area contributed by atoms with E-state index >= 15 is 0 Å². The molecule has 1 amide bonds. The molecule has 0 saturated heterocycles.